The fourth-order valence-corrected chi connectivity index (χ4v) is 0.476. The van der Waals surface area contributed by atoms with Crippen LogP contribution in [0, 0.1) is 0 Å². The Morgan fingerprint density at radius 2 is 2.33 bits per heavy atom. The Labute approximate surface area is 55.6 Å². The number of unbranched alkanes of at least 4 members (excludes halogenated alkanes) is 1. The molecular formula is C6H12NO2. The van der Waals surface area contributed by atoms with Gasteiger partial charge in [0.05, 0.1) is 7.11 Å². The second-order valence-corrected chi connectivity index (χ2v) is 1.73. The summed E-state index contributed by atoms with van der Waals surface area (Å²) in [6, 6.07) is 0. The number of nitrogens with zero attached hydrogens (tertiary/aromatic N) is 1. The molecular weight excluding hydrogens is 118 g/mol. The highest BCUT2D eigenvalue weighted by atomic mass is 16.7. The first kappa shape index (κ1) is 8.43. The summed E-state index contributed by atoms with van der Waals surface area (Å²) in [7, 11) is 1.46. The standard InChI is InChI=1S/C6H12NO2/c1-3-4-5-7(6-8)9-2/h3-5H2,1-2H3. The molecule has 1 amide bonds. The van der Waals surface area contributed by atoms with Gasteiger partial charge in [0.15, 0.2) is 0 Å². The van der Waals surface area contributed by atoms with Crippen molar-refractivity contribution in [2.24, 2.45) is 0 Å². The van der Waals surface area contributed by atoms with Crippen molar-refractivity contribution in [3.05, 3.63) is 0 Å². The quantitative estimate of drug-likeness (QED) is 0.405. The number of hydroxylamine groups is 2. The lowest BCUT2D eigenvalue weighted by Gasteiger charge is -2.10. The SMILES string of the molecule is CCCCN([C]=O)OC. The maximum absolute atomic E-state index is 9.92. The average molecular weight is 130 g/mol. The van der Waals surface area contributed by atoms with Crippen LogP contribution in [0.25, 0.3) is 0 Å². The van der Waals surface area contributed by atoms with Gasteiger partial charge in [-0.1, -0.05) is 13.3 Å². The Balaban J connectivity index is 3.20. The second-order valence-electron chi connectivity index (χ2n) is 1.73. The fraction of sp³-hybridized carbons (Fsp3) is 0.833. The van der Waals surface area contributed by atoms with E-state index in [-0.39, 0.29) is 0 Å². The average Bonchev–Trinajstić information content (AvgIpc) is 1.91. The van der Waals surface area contributed by atoms with Gasteiger partial charge in [0.25, 0.3) is 0 Å². The van der Waals surface area contributed by atoms with E-state index >= 15 is 0 Å². The molecule has 0 rings (SSSR count). The Morgan fingerprint density at radius 3 is 2.67 bits per heavy atom. The summed E-state index contributed by atoms with van der Waals surface area (Å²) in [6.07, 6.45) is 3.67. The van der Waals surface area contributed by atoms with Crippen LogP contribution in [0.3, 0.4) is 0 Å². The lowest BCUT2D eigenvalue weighted by atomic mass is 10.3. The smallest absolute Gasteiger partial charge is 0.274 e. The maximum atomic E-state index is 9.92. The third kappa shape index (κ3) is 3.97. The van der Waals surface area contributed by atoms with Crippen molar-refractivity contribution in [2.75, 3.05) is 13.7 Å². The molecule has 0 bridgehead atoms. The van der Waals surface area contributed by atoms with Crippen molar-refractivity contribution in [2.45, 2.75) is 19.8 Å². The zero-order chi connectivity index (χ0) is 7.11. The summed E-state index contributed by atoms with van der Waals surface area (Å²) < 4.78 is 0. The number of rotatable bonds is 5. The van der Waals surface area contributed by atoms with E-state index in [2.05, 4.69) is 11.8 Å². The molecule has 9 heavy (non-hydrogen) atoms. The molecule has 0 aliphatic carbocycles. The summed E-state index contributed by atoms with van der Waals surface area (Å²) in [6.45, 7) is 2.69. The lowest BCUT2D eigenvalue weighted by Crippen LogP contribution is -2.21. The van der Waals surface area contributed by atoms with Gasteiger partial charge in [-0.15, -0.1) is 0 Å². The number of hydrogen-bond donors (Lipinski definition) is 0. The summed E-state index contributed by atoms with van der Waals surface area (Å²) in [5, 5.41) is 1.16. The van der Waals surface area contributed by atoms with Gasteiger partial charge in [-0.25, -0.2) is 5.06 Å². The fourth-order valence-electron chi connectivity index (χ4n) is 0.476. The van der Waals surface area contributed by atoms with Crippen molar-refractivity contribution >= 4 is 6.41 Å². The van der Waals surface area contributed by atoms with Gasteiger partial charge >= 0.3 is 6.41 Å². The van der Waals surface area contributed by atoms with E-state index in [0.29, 0.717) is 6.54 Å². The second kappa shape index (κ2) is 5.56. The van der Waals surface area contributed by atoms with Gasteiger partial charge in [0, 0.05) is 6.54 Å². The van der Waals surface area contributed by atoms with Crippen LogP contribution in [0.15, 0.2) is 0 Å². The highest BCUT2D eigenvalue weighted by molar-refractivity contribution is 5.45. The van der Waals surface area contributed by atoms with Crippen molar-refractivity contribution < 1.29 is 9.63 Å². The number of carbonyl (C=O) groups excluding carboxylic acids is 1. The molecule has 1 radical (unpaired) electrons. The van der Waals surface area contributed by atoms with Crippen molar-refractivity contribution in [1.29, 1.82) is 0 Å². The molecule has 0 saturated carbocycles. The molecule has 0 fully saturated rings. The van der Waals surface area contributed by atoms with Crippen LogP contribution in [0.2, 0.25) is 0 Å². The van der Waals surface area contributed by atoms with Crippen LogP contribution >= 0.6 is 0 Å². The predicted octanol–water partition coefficient (Wildman–Crippen LogP) is 0.717. The van der Waals surface area contributed by atoms with E-state index in [1.165, 1.54) is 7.11 Å². The molecule has 0 aromatic rings. The largest absolute Gasteiger partial charge is 0.337 e. The maximum Gasteiger partial charge on any atom is 0.337 e. The number of hydrogen-bond acceptors (Lipinski definition) is 2. The molecule has 0 aromatic carbocycles. The predicted molar refractivity (Wildman–Crippen MR) is 34.3 cm³/mol. The van der Waals surface area contributed by atoms with Crippen molar-refractivity contribution in [1.82, 2.24) is 5.06 Å². The number of amides is 1. The molecule has 0 aliphatic heterocycles. The molecule has 0 spiro atoms. The molecule has 0 N–H and O–H groups in total. The van der Waals surface area contributed by atoms with Gasteiger partial charge in [0.2, 0.25) is 0 Å². The first-order valence-electron chi connectivity index (χ1n) is 3.04. The Hall–Kier alpha value is -0.570. The Kier molecular flexibility index (Phi) is 5.21. The molecule has 3 nitrogen and oxygen atoms in total. The monoisotopic (exact) mass is 130 g/mol. The molecule has 0 aliphatic rings. The molecule has 0 unspecified atom stereocenters. The molecule has 0 aromatic heterocycles. The first-order chi connectivity index (χ1) is 4.35. The zero-order valence-electron chi connectivity index (χ0n) is 5.89. The van der Waals surface area contributed by atoms with Gasteiger partial charge in [-0.05, 0) is 6.42 Å². The summed E-state index contributed by atoms with van der Waals surface area (Å²) in [5.74, 6) is 0. The Morgan fingerprint density at radius 1 is 1.67 bits per heavy atom. The van der Waals surface area contributed by atoms with Crippen LogP contribution in [-0.4, -0.2) is 25.1 Å². The summed E-state index contributed by atoms with van der Waals surface area (Å²) in [5.41, 5.74) is 0. The minimum Gasteiger partial charge on any atom is -0.274 e. The van der Waals surface area contributed by atoms with Crippen LogP contribution in [-0.2, 0) is 9.63 Å². The van der Waals surface area contributed by atoms with Crippen LogP contribution in [0.4, 0.5) is 0 Å². The van der Waals surface area contributed by atoms with Crippen LogP contribution in [0.1, 0.15) is 19.8 Å². The molecule has 0 atom stereocenters. The topological polar surface area (TPSA) is 29.5 Å². The van der Waals surface area contributed by atoms with E-state index < -0.39 is 0 Å². The van der Waals surface area contributed by atoms with Gasteiger partial charge in [-0.3, -0.25) is 9.63 Å². The van der Waals surface area contributed by atoms with Crippen LogP contribution in [0.5, 0.6) is 0 Å². The van der Waals surface area contributed by atoms with E-state index in [1.807, 2.05) is 0 Å². The molecule has 0 heterocycles. The van der Waals surface area contributed by atoms with E-state index in [1.54, 1.807) is 6.41 Å². The third-order valence-electron chi connectivity index (χ3n) is 1.04. The van der Waals surface area contributed by atoms with E-state index in [4.69, 9.17) is 0 Å². The minimum atomic E-state index is 0.635. The van der Waals surface area contributed by atoms with Gasteiger partial charge in [0.1, 0.15) is 0 Å². The van der Waals surface area contributed by atoms with Gasteiger partial charge < -0.3 is 0 Å². The van der Waals surface area contributed by atoms with E-state index in [9.17, 15) is 4.79 Å². The van der Waals surface area contributed by atoms with Crippen LogP contribution < -0.4 is 0 Å². The zero-order valence-corrected chi connectivity index (χ0v) is 5.89. The highest BCUT2D eigenvalue weighted by Crippen LogP contribution is 1.90. The highest BCUT2D eigenvalue weighted by Gasteiger charge is 1.96. The summed E-state index contributed by atoms with van der Waals surface area (Å²) in [4.78, 5) is 14.5. The van der Waals surface area contributed by atoms with Crippen molar-refractivity contribution in [3.8, 4) is 0 Å². The summed E-state index contributed by atoms with van der Waals surface area (Å²) >= 11 is 0. The van der Waals surface area contributed by atoms with Crippen molar-refractivity contribution in [3.63, 3.8) is 0 Å². The lowest BCUT2D eigenvalue weighted by molar-refractivity contribution is -0.0666. The third-order valence-corrected chi connectivity index (χ3v) is 1.04. The minimum absolute atomic E-state index is 0.635. The van der Waals surface area contributed by atoms with Gasteiger partial charge in [-0.2, -0.15) is 0 Å². The Bertz CT molecular complexity index is 75.5. The molecule has 0 saturated heterocycles. The van der Waals surface area contributed by atoms with E-state index in [0.717, 1.165) is 17.9 Å². The normalized spacial score (nSPS) is 9.11. The first-order valence-corrected chi connectivity index (χ1v) is 3.04. The molecule has 53 valence electrons. The molecule has 3 heteroatoms.